The molecule has 0 aliphatic heterocycles. The molecule has 0 bridgehead atoms. The summed E-state index contributed by atoms with van der Waals surface area (Å²) in [4.78, 5) is 0. The molecule has 1 unspecified atom stereocenters. The van der Waals surface area contributed by atoms with E-state index >= 15 is 0 Å². The summed E-state index contributed by atoms with van der Waals surface area (Å²) in [5.74, 6) is 0.455. The lowest BCUT2D eigenvalue weighted by Crippen LogP contribution is -1.94. The van der Waals surface area contributed by atoms with Gasteiger partial charge in [-0.3, -0.25) is 0 Å². The van der Waals surface area contributed by atoms with E-state index < -0.39 is 11.1 Å². The smallest absolute Gasteiger partial charge is 0.152 e. The molecule has 0 rings (SSSR count). The van der Waals surface area contributed by atoms with Crippen LogP contribution in [0.15, 0.2) is 0 Å². The molecule has 2 nitrogen and oxygen atoms in total. The summed E-state index contributed by atoms with van der Waals surface area (Å²) in [6, 6.07) is 0. The molecule has 16 heavy (non-hydrogen) atoms. The summed E-state index contributed by atoms with van der Waals surface area (Å²) in [5, 5.41) is 0. The average Bonchev–Trinajstić information content (AvgIpc) is 2.25. The van der Waals surface area contributed by atoms with Crippen LogP contribution in [0.5, 0.6) is 0 Å². The van der Waals surface area contributed by atoms with Crippen molar-refractivity contribution >= 4 is 11.1 Å². The third kappa shape index (κ3) is 14.1. The molecule has 0 radical (unpaired) electrons. The lowest BCUT2D eigenvalue weighted by atomic mass is 10.1. The van der Waals surface area contributed by atoms with Crippen LogP contribution in [0.4, 0.5) is 0 Å². The van der Waals surface area contributed by atoms with E-state index in [0.717, 1.165) is 12.8 Å². The van der Waals surface area contributed by atoms with Crippen LogP contribution < -0.4 is 0 Å². The maximum atomic E-state index is 10.4. The summed E-state index contributed by atoms with van der Waals surface area (Å²) in [5.41, 5.74) is 0. The van der Waals surface area contributed by atoms with E-state index in [2.05, 4.69) is 6.92 Å². The zero-order valence-corrected chi connectivity index (χ0v) is 11.6. The Kier molecular flexibility index (Phi) is 13.3. The van der Waals surface area contributed by atoms with Crippen LogP contribution in [-0.4, -0.2) is 14.5 Å². The van der Waals surface area contributed by atoms with Gasteiger partial charge in [0.2, 0.25) is 0 Å². The topological polar surface area (TPSA) is 37.3 Å². The Morgan fingerprint density at radius 2 is 1.12 bits per heavy atom. The van der Waals surface area contributed by atoms with Crippen molar-refractivity contribution < 1.29 is 8.76 Å². The highest BCUT2D eigenvalue weighted by Crippen LogP contribution is 2.11. The van der Waals surface area contributed by atoms with Gasteiger partial charge in [-0.2, -0.15) is 0 Å². The fraction of sp³-hybridized carbons (Fsp3) is 1.00. The average molecular weight is 248 g/mol. The molecule has 0 saturated carbocycles. The molecule has 3 heteroatoms. The Morgan fingerprint density at radius 3 is 1.50 bits per heavy atom. The van der Waals surface area contributed by atoms with Crippen molar-refractivity contribution in [1.29, 1.82) is 0 Å². The quantitative estimate of drug-likeness (QED) is 0.407. The maximum Gasteiger partial charge on any atom is 0.152 e. The Balaban J connectivity index is 2.90. The first kappa shape index (κ1) is 16.1. The van der Waals surface area contributed by atoms with Crippen molar-refractivity contribution in [1.82, 2.24) is 0 Å². The first-order valence-electron chi connectivity index (χ1n) is 6.85. The highest BCUT2D eigenvalue weighted by molar-refractivity contribution is 7.79. The van der Waals surface area contributed by atoms with Gasteiger partial charge in [0.05, 0.1) is 0 Å². The fourth-order valence-electron chi connectivity index (χ4n) is 1.89. The van der Waals surface area contributed by atoms with Crippen molar-refractivity contribution in [2.75, 3.05) is 5.75 Å². The Hall–Kier alpha value is 0.110. The van der Waals surface area contributed by atoms with Gasteiger partial charge in [0.1, 0.15) is 0 Å². The van der Waals surface area contributed by atoms with E-state index in [-0.39, 0.29) is 0 Å². The van der Waals surface area contributed by atoms with Crippen LogP contribution in [0.25, 0.3) is 0 Å². The van der Waals surface area contributed by atoms with E-state index in [4.69, 9.17) is 4.55 Å². The second kappa shape index (κ2) is 13.2. The lowest BCUT2D eigenvalue weighted by Gasteiger charge is -2.01. The van der Waals surface area contributed by atoms with Gasteiger partial charge in [-0.25, -0.2) is 4.21 Å². The molecule has 0 amide bonds. The Labute approximate surface area is 103 Å². The van der Waals surface area contributed by atoms with Crippen molar-refractivity contribution in [3.8, 4) is 0 Å². The third-order valence-electron chi connectivity index (χ3n) is 2.92. The Morgan fingerprint density at radius 1 is 0.750 bits per heavy atom. The largest absolute Gasteiger partial charge is 0.306 e. The van der Waals surface area contributed by atoms with Crippen molar-refractivity contribution in [2.24, 2.45) is 0 Å². The predicted octanol–water partition coefficient (Wildman–Crippen LogP) is 4.52. The second-order valence-corrected chi connectivity index (χ2v) is 5.61. The molecule has 0 aromatic carbocycles. The van der Waals surface area contributed by atoms with Crippen LogP contribution >= 0.6 is 0 Å². The molecule has 0 spiro atoms. The highest BCUT2D eigenvalue weighted by atomic mass is 32.2. The van der Waals surface area contributed by atoms with Crippen LogP contribution in [0.2, 0.25) is 0 Å². The lowest BCUT2D eigenvalue weighted by molar-refractivity contribution is 0.544. The van der Waals surface area contributed by atoms with Gasteiger partial charge in [0.25, 0.3) is 0 Å². The maximum absolute atomic E-state index is 10.4. The second-order valence-electron chi connectivity index (χ2n) is 4.56. The molecular weight excluding hydrogens is 220 g/mol. The van der Waals surface area contributed by atoms with Crippen LogP contribution in [0, 0.1) is 0 Å². The predicted molar refractivity (Wildman–Crippen MR) is 72.1 cm³/mol. The molecule has 0 saturated heterocycles. The van der Waals surface area contributed by atoms with E-state index in [0.29, 0.717) is 5.75 Å². The summed E-state index contributed by atoms with van der Waals surface area (Å²) in [6.07, 6.45) is 14.2. The summed E-state index contributed by atoms with van der Waals surface area (Å²) in [7, 11) is 0. The van der Waals surface area contributed by atoms with Gasteiger partial charge in [0.15, 0.2) is 11.1 Å². The molecular formula is C13H28O2S. The molecule has 98 valence electrons. The molecule has 0 fully saturated rings. The molecule has 0 aliphatic rings. The molecule has 1 N–H and O–H groups in total. The van der Waals surface area contributed by atoms with E-state index in [9.17, 15) is 4.21 Å². The molecule has 0 aromatic rings. The van der Waals surface area contributed by atoms with E-state index in [1.54, 1.807) is 0 Å². The SMILES string of the molecule is CCCCCCCCCCCCCS(=O)O. The van der Waals surface area contributed by atoms with E-state index in [1.165, 1.54) is 57.8 Å². The number of rotatable bonds is 12. The van der Waals surface area contributed by atoms with Gasteiger partial charge < -0.3 is 4.55 Å². The minimum atomic E-state index is -1.58. The van der Waals surface area contributed by atoms with Gasteiger partial charge in [-0.05, 0) is 6.42 Å². The monoisotopic (exact) mass is 248 g/mol. The zero-order valence-electron chi connectivity index (χ0n) is 10.7. The van der Waals surface area contributed by atoms with Crippen LogP contribution in [0.1, 0.15) is 77.6 Å². The standard InChI is InChI=1S/C13H28O2S/c1-2-3-4-5-6-7-8-9-10-11-12-13-16(14)15/h2-13H2,1H3,(H,14,15). The minimum absolute atomic E-state index is 0.455. The first-order chi connectivity index (χ1) is 7.77. The van der Waals surface area contributed by atoms with Gasteiger partial charge in [-0.15, -0.1) is 0 Å². The number of unbranched alkanes of at least 4 members (excludes halogenated alkanes) is 10. The summed E-state index contributed by atoms with van der Waals surface area (Å²) in [6.45, 7) is 2.25. The number of hydrogen-bond donors (Lipinski definition) is 1. The van der Waals surface area contributed by atoms with E-state index in [1.807, 2.05) is 0 Å². The third-order valence-corrected chi connectivity index (χ3v) is 3.56. The van der Waals surface area contributed by atoms with Gasteiger partial charge in [0, 0.05) is 5.75 Å². The first-order valence-corrected chi connectivity index (χ1v) is 8.12. The summed E-state index contributed by atoms with van der Waals surface area (Å²) < 4.78 is 18.9. The minimum Gasteiger partial charge on any atom is -0.306 e. The number of hydrogen-bond acceptors (Lipinski definition) is 1. The van der Waals surface area contributed by atoms with Crippen molar-refractivity contribution in [2.45, 2.75) is 77.6 Å². The van der Waals surface area contributed by atoms with Crippen LogP contribution in [0.3, 0.4) is 0 Å². The van der Waals surface area contributed by atoms with Crippen molar-refractivity contribution in [3.05, 3.63) is 0 Å². The molecule has 0 heterocycles. The van der Waals surface area contributed by atoms with Crippen molar-refractivity contribution in [3.63, 3.8) is 0 Å². The highest BCUT2D eigenvalue weighted by Gasteiger charge is 1.95. The normalized spacial score (nSPS) is 12.9. The van der Waals surface area contributed by atoms with Gasteiger partial charge >= 0.3 is 0 Å². The van der Waals surface area contributed by atoms with Crippen LogP contribution in [-0.2, 0) is 11.1 Å². The molecule has 0 aliphatic carbocycles. The summed E-state index contributed by atoms with van der Waals surface area (Å²) >= 11 is -1.58. The molecule has 0 aromatic heterocycles. The fourth-order valence-corrected chi connectivity index (χ4v) is 2.34. The molecule has 1 atom stereocenters. The zero-order chi connectivity index (χ0) is 12.1. The van der Waals surface area contributed by atoms with Gasteiger partial charge in [-0.1, -0.05) is 71.1 Å². The Bertz CT molecular complexity index is 160.